The molecule has 3 amide bonds. The molecule has 0 aliphatic carbocycles. The number of carbonyl (C=O) groups excluding carboxylic acids is 3. The minimum Gasteiger partial charge on any atom is -0.497 e. The summed E-state index contributed by atoms with van der Waals surface area (Å²) in [6, 6.07) is 16.7. The SMILES string of the molecule is COc1ccc(NC(=O)[C@@H]2[C@@H]3C(=O)N(c4ccc(F)c(Cl)c4)C(=O)[C@@H]3C3c4ccccc4C=CN32)cc1. The topological polar surface area (TPSA) is 79.0 Å². The Morgan fingerprint density at radius 1 is 1.00 bits per heavy atom. The van der Waals surface area contributed by atoms with Crippen LogP contribution in [-0.4, -0.2) is 35.8 Å². The third-order valence-electron chi connectivity index (χ3n) is 7.25. The molecule has 3 aliphatic rings. The molecule has 0 aromatic heterocycles. The number of nitrogens with zero attached hydrogens (tertiary/aromatic N) is 2. The maximum absolute atomic E-state index is 13.8. The Labute approximate surface area is 217 Å². The number of nitrogens with one attached hydrogen (secondary N) is 1. The van der Waals surface area contributed by atoms with Gasteiger partial charge in [-0.2, -0.15) is 0 Å². The van der Waals surface area contributed by atoms with Gasteiger partial charge in [-0.05, 0) is 59.7 Å². The summed E-state index contributed by atoms with van der Waals surface area (Å²) in [4.78, 5) is 44.2. The van der Waals surface area contributed by atoms with Crippen LogP contribution in [0.15, 0.2) is 72.9 Å². The van der Waals surface area contributed by atoms with Gasteiger partial charge in [0.1, 0.15) is 17.6 Å². The number of hydrogen-bond acceptors (Lipinski definition) is 5. The number of fused-ring (bicyclic) bond motifs is 5. The Kier molecular flexibility index (Phi) is 5.49. The van der Waals surface area contributed by atoms with Crippen molar-refractivity contribution in [2.24, 2.45) is 11.8 Å². The highest BCUT2D eigenvalue weighted by atomic mass is 35.5. The van der Waals surface area contributed by atoms with Crippen LogP contribution in [0.2, 0.25) is 5.02 Å². The summed E-state index contributed by atoms with van der Waals surface area (Å²) in [5, 5.41) is 2.69. The van der Waals surface area contributed by atoms with E-state index >= 15 is 0 Å². The summed E-state index contributed by atoms with van der Waals surface area (Å²) in [7, 11) is 1.55. The number of methoxy groups -OCH3 is 1. The number of anilines is 2. The van der Waals surface area contributed by atoms with Gasteiger partial charge >= 0.3 is 0 Å². The molecule has 4 atom stereocenters. The lowest BCUT2D eigenvalue weighted by Gasteiger charge is -2.35. The molecule has 6 rings (SSSR count). The Morgan fingerprint density at radius 2 is 1.73 bits per heavy atom. The minimum absolute atomic E-state index is 0.177. The van der Waals surface area contributed by atoms with E-state index in [1.54, 1.807) is 42.5 Å². The van der Waals surface area contributed by atoms with Crippen LogP contribution in [0.25, 0.3) is 6.08 Å². The maximum atomic E-state index is 13.8. The highest BCUT2D eigenvalue weighted by Crippen LogP contribution is 2.53. The predicted octanol–water partition coefficient (Wildman–Crippen LogP) is 4.64. The van der Waals surface area contributed by atoms with Crippen LogP contribution in [0, 0.1) is 17.7 Å². The molecule has 7 nitrogen and oxygen atoms in total. The fourth-order valence-corrected chi connectivity index (χ4v) is 5.80. The first-order valence-corrected chi connectivity index (χ1v) is 12.1. The molecule has 2 saturated heterocycles. The van der Waals surface area contributed by atoms with Crippen molar-refractivity contribution in [1.29, 1.82) is 0 Å². The molecule has 186 valence electrons. The van der Waals surface area contributed by atoms with Gasteiger partial charge < -0.3 is 15.0 Å². The van der Waals surface area contributed by atoms with E-state index in [-0.39, 0.29) is 10.7 Å². The second-order valence-electron chi connectivity index (χ2n) is 9.16. The lowest BCUT2D eigenvalue weighted by molar-refractivity contribution is -0.128. The van der Waals surface area contributed by atoms with E-state index in [9.17, 15) is 18.8 Å². The van der Waals surface area contributed by atoms with E-state index in [0.29, 0.717) is 11.4 Å². The first-order chi connectivity index (χ1) is 17.9. The van der Waals surface area contributed by atoms with E-state index in [0.717, 1.165) is 22.1 Å². The van der Waals surface area contributed by atoms with Crippen molar-refractivity contribution in [2.75, 3.05) is 17.3 Å². The van der Waals surface area contributed by atoms with Gasteiger partial charge in [0.15, 0.2) is 0 Å². The van der Waals surface area contributed by atoms with Gasteiger partial charge in [-0.3, -0.25) is 14.4 Å². The monoisotopic (exact) mass is 517 g/mol. The molecule has 0 bridgehead atoms. The molecule has 0 saturated carbocycles. The minimum atomic E-state index is -0.949. The number of hydrogen-bond donors (Lipinski definition) is 1. The molecule has 3 aliphatic heterocycles. The average molecular weight is 518 g/mol. The van der Waals surface area contributed by atoms with E-state index in [2.05, 4.69) is 5.32 Å². The summed E-state index contributed by atoms with van der Waals surface area (Å²) >= 11 is 5.96. The lowest BCUT2D eigenvalue weighted by Crippen LogP contribution is -2.46. The molecule has 2 fully saturated rings. The van der Waals surface area contributed by atoms with Crippen LogP contribution < -0.4 is 15.0 Å². The number of rotatable bonds is 4. The standard InChI is InChI=1S/C28H21ClFN3O4/c1-37-18-9-6-16(7-10-18)31-26(34)25-23-22(24-19-5-3-2-4-15(19)12-13-32(24)25)27(35)33(28(23)36)17-8-11-21(30)20(29)14-17/h2-14,22-25H,1H3,(H,31,34)/t22-,23+,24?,25-/m0/s1. The number of carbonyl (C=O) groups is 3. The molecular formula is C28H21ClFN3O4. The normalized spacial score (nSPS) is 23.5. The van der Waals surface area contributed by atoms with Crippen LogP contribution in [-0.2, 0) is 14.4 Å². The van der Waals surface area contributed by atoms with Crippen molar-refractivity contribution < 1.29 is 23.5 Å². The van der Waals surface area contributed by atoms with Crippen LogP contribution in [0.5, 0.6) is 5.75 Å². The van der Waals surface area contributed by atoms with E-state index in [1.165, 1.54) is 12.1 Å². The second-order valence-corrected chi connectivity index (χ2v) is 9.57. The highest BCUT2D eigenvalue weighted by molar-refractivity contribution is 6.31. The lowest BCUT2D eigenvalue weighted by atomic mass is 9.84. The largest absolute Gasteiger partial charge is 0.497 e. The van der Waals surface area contributed by atoms with E-state index in [1.807, 2.05) is 30.3 Å². The average Bonchev–Trinajstić information content (AvgIpc) is 3.38. The molecule has 3 aromatic carbocycles. The summed E-state index contributed by atoms with van der Waals surface area (Å²) < 4.78 is 19.0. The molecular weight excluding hydrogens is 497 g/mol. The van der Waals surface area contributed by atoms with Crippen molar-refractivity contribution in [3.63, 3.8) is 0 Å². The predicted molar refractivity (Wildman–Crippen MR) is 136 cm³/mol. The van der Waals surface area contributed by atoms with Gasteiger partial charge in [0.25, 0.3) is 0 Å². The maximum Gasteiger partial charge on any atom is 0.247 e. The van der Waals surface area contributed by atoms with Gasteiger partial charge in [-0.1, -0.05) is 35.9 Å². The van der Waals surface area contributed by atoms with Crippen molar-refractivity contribution in [1.82, 2.24) is 4.90 Å². The summed E-state index contributed by atoms with van der Waals surface area (Å²) in [6.45, 7) is 0. The molecule has 37 heavy (non-hydrogen) atoms. The number of benzene rings is 3. The van der Waals surface area contributed by atoms with Gasteiger partial charge in [0.2, 0.25) is 17.7 Å². The third-order valence-corrected chi connectivity index (χ3v) is 7.54. The second kappa shape index (κ2) is 8.74. The first-order valence-electron chi connectivity index (χ1n) is 11.7. The zero-order valence-corrected chi connectivity index (χ0v) is 20.4. The van der Waals surface area contributed by atoms with Gasteiger partial charge in [0.05, 0.1) is 35.7 Å². The molecule has 3 aromatic rings. The van der Waals surface area contributed by atoms with Crippen LogP contribution in [0.1, 0.15) is 17.2 Å². The van der Waals surface area contributed by atoms with Crippen molar-refractivity contribution in [3.8, 4) is 5.75 Å². The van der Waals surface area contributed by atoms with Gasteiger partial charge in [-0.25, -0.2) is 9.29 Å². The Hall–Kier alpha value is -4.17. The van der Waals surface area contributed by atoms with E-state index in [4.69, 9.17) is 16.3 Å². The Morgan fingerprint density at radius 3 is 2.46 bits per heavy atom. The fourth-order valence-electron chi connectivity index (χ4n) is 5.63. The third kappa shape index (κ3) is 3.59. The quantitative estimate of drug-likeness (QED) is 0.510. The van der Waals surface area contributed by atoms with E-state index < -0.39 is 47.5 Å². The van der Waals surface area contributed by atoms with Crippen molar-refractivity contribution in [2.45, 2.75) is 12.1 Å². The van der Waals surface area contributed by atoms with Crippen LogP contribution >= 0.6 is 11.6 Å². The fraction of sp³-hybridized carbons (Fsp3) is 0.179. The summed E-state index contributed by atoms with van der Waals surface area (Å²) in [5.74, 6) is -3.15. The Bertz CT molecular complexity index is 1470. The first kappa shape index (κ1) is 23.2. The van der Waals surface area contributed by atoms with Crippen LogP contribution in [0.3, 0.4) is 0 Å². The highest BCUT2D eigenvalue weighted by Gasteiger charge is 2.64. The molecule has 1 N–H and O–H groups in total. The molecule has 0 spiro atoms. The number of ether oxygens (including phenoxy) is 1. The zero-order chi connectivity index (χ0) is 25.8. The summed E-state index contributed by atoms with van der Waals surface area (Å²) in [5.41, 5.74) is 2.49. The Balaban J connectivity index is 1.42. The zero-order valence-electron chi connectivity index (χ0n) is 19.6. The van der Waals surface area contributed by atoms with Crippen molar-refractivity contribution >= 4 is 46.8 Å². The van der Waals surface area contributed by atoms with Gasteiger partial charge in [-0.15, -0.1) is 0 Å². The molecule has 0 radical (unpaired) electrons. The molecule has 9 heteroatoms. The number of amides is 3. The molecule has 1 unspecified atom stereocenters. The summed E-state index contributed by atoms with van der Waals surface area (Å²) in [6.07, 6.45) is 3.66. The number of halogens is 2. The number of imide groups is 1. The van der Waals surface area contributed by atoms with Crippen LogP contribution in [0.4, 0.5) is 15.8 Å². The smallest absolute Gasteiger partial charge is 0.247 e. The van der Waals surface area contributed by atoms with Crippen molar-refractivity contribution in [3.05, 3.63) is 94.9 Å². The van der Waals surface area contributed by atoms with Gasteiger partial charge in [0, 0.05) is 11.9 Å². The molecule has 3 heterocycles.